The summed E-state index contributed by atoms with van der Waals surface area (Å²) in [6, 6.07) is 5.13. The van der Waals surface area contributed by atoms with Crippen molar-refractivity contribution >= 4 is 27.0 Å². The lowest BCUT2D eigenvalue weighted by Crippen LogP contribution is -2.30. The number of hydrogen-bond acceptors (Lipinski definition) is 4. The number of nitrogens with one attached hydrogen (secondary N) is 1. The minimum absolute atomic E-state index is 0.0155. The zero-order valence-electron chi connectivity index (χ0n) is 17.4. The Kier molecular flexibility index (Phi) is 8.00. The molecule has 0 radical (unpaired) electrons. The van der Waals surface area contributed by atoms with Gasteiger partial charge in [0.05, 0.1) is 15.9 Å². The van der Waals surface area contributed by atoms with E-state index in [9.17, 15) is 13.2 Å². The van der Waals surface area contributed by atoms with E-state index in [1.807, 2.05) is 26.8 Å². The number of rotatable bonds is 11. The third-order valence-corrected chi connectivity index (χ3v) is 6.78. The molecule has 1 aromatic carbocycles. The van der Waals surface area contributed by atoms with E-state index in [1.54, 1.807) is 12.1 Å². The van der Waals surface area contributed by atoms with Crippen molar-refractivity contribution in [3.63, 3.8) is 0 Å². The molecule has 28 heavy (non-hydrogen) atoms. The van der Waals surface area contributed by atoms with E-state index in [-0.39, 0.29) is 10.8 Å². The molecule has 0 aliphatic rings. The van der Waals surface area contributed by atoms with Crippen LogP contribution in [0.25, 0.3) is 11.0 Å². The summed E-state index contributed by atoms with van der Waals surface area (Å²) < 4.78 is 29.2. The summed E-state index contributed by atoms with van der Waals surface area (Å²) in [5.74, 6) is 0.836. The molecule has 1 heterocycles. The molecule has 1 N–H and O–H groups in total. The van der Waals surface area contributed by atoms with Gasteiger partial charge in [0, 0.05) is 39.0 Å². The minimum atomic E-state index is -3.52. The van der Waals surface area contributed by atoms with Gasteiger partial charge in [-0.15, -0.1) is 0 Å². The standard InChI is InChI=1S/C20H32N4O3S/c1-5-13-21-20(25)12-11-19-22-17-15-16(28(26,27)23(7-3)8-4)9-10-18(17)24(19)14-6-2/h9-10,15H,5-8,11-14H2,1-4H3,(H,21,25). The largest absolute Gasteiger partial charge is 0.356 e. The number of benzene rings is 1. The zero-order chi connectivity index (χ0) is 20.7. The van der Waals surface area contributed by atoms with Crippen LogP contribution in [0, 0.1) is 0 Å². The van der Waals surface area contributed by atoms with Crippen LogP contribution in [0.4, 0.5) is 0 Å². The molecule has 156 valence electrons. The molecule has 0 spiro atoms. The Labute approximate surface area is 168 Å². The number of nitrogens with zero attached hydrogens (tertiary/aromatic N) is 3. The van der Waals surface area contributed by atoms with Crippen LogP contribution in [0.3, 0.4) is 0 Å². The Morgan fingerprint density at radius 1 is 1.14 bits per heavy atom. The van der Waals surface area contributed by atoms with Crippen LogP contribution in [0.5, 0.6) is 0 Å². The van der Waals surface area contributed by atoms with E-state index < -0.39 is 10.0 Å². The van der Waals surface area contributed by atoms with Crippen LogP contribution in [0.2, 0.25) is 0 Å². The smallest absolute Gasteiger partial charge is 0.243 e. The summed E-state index contributed by atoms with van der Waals surface area (Å²) in [4.78, 5) is 16.9. The molecule has 0 aliphatic carbocycles. The van der Waals surface area contributed by atoms with Crippen molar-refractivity contribution in [1.29, 1.82) is 0 Å². The van der Waals surface area contributed by atoms with E-state index in [0.717, 1.165) is 30.7 Å². The van der Waals surface area contributed by atoms with Gasteiger partial charge in [-0.3, -0.25) is 4.79 Å². The monoisotopic (exact) mass is 408 g/mol. The van der Waals surface area contributed by atoms with Gasteiger partial charge in [0.1, 0.15) is 5.82 Å². The number of amides is 1. The number of sulfonamides is 1. The average Bonchev–Trinajstić information content (AvgIpc) is 3.02. The van der Waals surface area contributed by atoms with Gasteiger partial charge in [-0.2, -0.15) is 4.31 Å². The molecule has 7 nitrogen and oxygen atoms in total. The summed E-state index contributed by atoms with van der Waals surface area (Å²) >= 11 is 0. The molecule has 0 bridgehead atoms. The SMILES string of the molecule is CCCNC(=O)CCc1nc2cc(S(=O)(=O)N(CC)CC)ccc2n1CCC. The second kappa shape index (κ2) is 10.0. The number of aryl methyl sites for hydroxylation is 2. The van der Waals surface area contributed by atoms with Gasteiger partial charge in [0.25, 0.3) is 0 Å². The van der Waals surface area contributed by atoms with Gasteiger partial charge >= 0.3 is 0 Å². The van der Waals surface area contributed by atoms with E-state index >= 15 is 0 Å². The highest BCUT2D eigenvalue weighted by Gasteiger charge is 2.23. The Bertz CT molecular complexity index is 902. The maximum atomic E-state index is 12.8. The maximum Gasteiger partial charge on any atom is 0.243 e. The summed E-state index contributed by atoms with van der Waals surface area (Å²) in [6.45, 7) is 10.1. The minimum Gasteiger partial charge on any atom is -0.356 e. The first-order valence-corrected chi connectivity index (χ1v) is 11.6. The third kappa shape index (κ3) is 4.91. The molecule has 0 saturated carbocycles. The normalized spacial score (nSPS) is 12.0. The fourth-order valence-electron chi connectivity index (χ4n) is 3.27. The highest BCUT2D eigenvalue weighted by molar-refractivity contribution is 7.89. The summed E-state index contributed by atoms with van der Waals surface area (Å²) in [6.07, 6.45) is 2.74. The lowest BCUT2D eigenvalue weighted by atomic mass is 10.2. The van der Waals surface area contributed by atoms with Crippen LogP contribution in [-0.2, 0) is 27.8 Å². The molecule has 8 heteroatoms. The third-order valence-electron chi connectivity index (χ3n) is 4.74. The number of hydrogen-bond donors (Lipinski definition) is 1. The number of carbonyl (C=O) groups is 1. The van der Waals surface area contributed by atoms with E-state index in [1.165, 1.54) is 4.31 Å². The first kappa shape index (κ1) is 22.4. The number of fused-ring (bicyclic) bond motifs is 1. The Hall–Kier alpha value is -1.93. The molecule has 0 aliphatic heterocycles. The van der Waals surface area contributed by atoms with Gasteiger partial charge < -0.3 is 9.88 Å². The lowest BCUT2D eigenvalue weighted by Gasteiger charge is -2.18. The highest BCUT2D eigenvalue weighted by atomic mass is 32.2. The molecule has 1 amide bonds. The number of carbonyl (C=O) groups excluding carboxylic acids is 1. The van der Waals surface area contributed by atoms with E-state index in [2.05, 4.69) is 21.8 Å². The van der Waals surface area contributed by atoms with Crippen LogP contribution in [0.1, 0.15) is 52.8 Å². The number of aromatic nitrogens is 2. The van der Waals surface area contributed by atoms with Crippen LogP contribution in [-0.4, -0.2) is 47.8 Å². The quantitative estimate of drug-likeness (QED) is 0.619. The first-order chi connectivity index (χ1) is 13.4. The average molecular weight is 409 g/mol. The molecular weight excluding hydrogens is 376 g/mol. The van der Waals surface area contributed by atoms with Crippen LogP contribution < -0.4 is 5.32 Å². The summed E-state index contributed by atoms with van der Waals surface area (Å²) in [5, 5.41) is 2.88. The summed E-state index contributed by atoms with van der Waals surface area (Å²) in [7, 11) is -3.52. The molecule has 1 aromatic heterocycles. The van der Waals surface area contributed by atoms with E-state index in [4.69, 9.17) is 0 Å². The maximum absolute atomic E-state index is 12.8. The zero-order valence-corrected chi connectivity index (χ0v) is 18.2. The second-order valence-corrected chi connectivity index (χ2v) is 8.71. The highest BCUT2D eigenvalue weighted by Crippen LogP contribution is 2.24. The molecule has 0 fully saturated rings. The molecule has 2 aromatic rings. The van der Waals surface area contributed by atoms with E-state index in [0.29, 0.717) is 38.0 Å². The Balaban J connectivity index is 2.36. The van der Waals surface area contributed by atoms with Gasteiger partial charge in [-0.25, -0.2) is 13.4 Å². The summed E-state index contributed by atoms with van der Waals surface area (Å²) in [5.41, 5.74) is 1.56. The predicted octanol–water partition coefficient (Wildman–Crippen LogP) is 2.94. The van der Waals surface area contributed by atoms with Crippen molar-refractivity contribution < 1.29 is 13.2 Å². The van der Waals surface area contributed by atoms with Crippen molar-refractivity contribution in [3.8, 4) is 0 Å². The molecular formula is C20H32N4O3S. The molecule has 0 atom stereocenters. The van der Waals surface area contributed by atoms with Gasteiger partial charge in [0.15, 0.2) is 0 Å². The van der Waals surface area contributed by atoms with Crippen LogP contribution in [0.15, 0.2) is 23.1 Å². The van der Waals surface area contributed by atoms with Gasteiger partial charge in [-0.1, -0.05) is 27.7 Å². The first-order valence-electron chi connectivity index (χ1n) is 10.1. The lowest BCUT2D eigenvalue weighted by molar-refractivity contribution is -0.121. The molecule has 0 saturated heterocycles. The predicted molar refractivity (Wildman–Crippen MR) is 112 cm³/mol. The van der Waals surface area contributed by atoms with Gasteiger partial charge in [-0.05, 0) is 31.0 Å². The van der Waals surface area contributed by atoms with Crippen molar-refractivity contribution in [1.82, 2.24) is 19.2 Å². The van der Waals surface area contributed by atoms with Crippen molar-refractivity contribution in [2.75, 3.05) is 19.6 Å². The molecule has 0 unspecified atom stereocenters. The number of imidazole rings is 1. The topological polar surface area (TPSA) is 84.3 Å². The second-order valence-electron chi connectivity index (χ2n) is 6.77. The fourth-order valence-corrected chi connectivity index (χ4v) is 4.75. The van der Waals surface area contributed by atoms with Crippen LogP contribution >= 0.6 is 0 Å². The molecule has 2 rings (SSSR count). The Morgan fingerprint density at radius 3 is 2.46 bits per heavy atom. The van der Waals surface area contributed by atoms with Crippen molar-refractivity contribution in [2.24, 2.45) is 0 Å². The Morgan fingerprint density at radius 2 is 1.86 bits per heavy atom. The van der Waals surface area contributed by atoms with Gasteiger partial charge in [0.2, 0.25) is 15.9 Å². The fraction of sp³-hybridized carbons (Fsp3) is 0.600. The van der Waals surface area contributed by atoms with Crippen molar-refractivity contribution in [2.45, 2.75) is 64.8 Å². The van der Waals surface area contributed by atoms with Crippen molar-refractivity contribution in [3.05, 3.63) is 24.0 Å².